The molecule has 0 fully saturated rings. The molecule has 4 nitrogen and oxygen atoms in total. The first-order valence-electron chi connectivity index (χ1n) is 6.61. The quantitative estimate of drug-likeness (QED) is 0.590. The Kier molecular flexibility index (Phi) is 8.09. The van der Waals surface area contributed by atoms with Crippen molar-refractivity contribution in [3.05, 3.63) is 27.1 Å². The van der Waals surface area contributed by atoms with Gasteiger partial charge in [-0.25, -0.2) is 8.42 Å². The van der Waals surface area contributed by atoms with Gasteiger partial charge in [-0.15, -0.1) is 0 Å². The lowest BCUT2D eigenvalue weighted by Gasteiger charge is -2.10. The van der Waals surface area contributed by atoms with Crippen LogP contribution in [0.4, 0.5) is 5.69 Å². The minimum absolute atomic E-state index is 0.139. The van der Waals surface area contributed by atoms with Gasteiger partial charge in [-0.3, -0.25) is 4.72 Å². The van der Waals surface area contributed by atoms with Gasteiger partial charge in [0.15, 0.2) is 0 Å². The molecule has 20 heavy (non-hydrogen) atoms. The van der Waals surface area contributed by atoms with Crippen LogP contribution in [0.2, 0.25) is 0 Å². The van der Waals surface area contributed by atoms with Crippen molar-refractivity contribution in [2.24, 2.45) is 0 Å². The highest BCUT2D eigenvalue weighted by Gasteiger charge is 2.12. The first-order valence-corrected chi connectivity index (χ1v) is 9.84. The molecule has 0 bridgehead atoms. The van der Waals surface area contributed by atoms with Gasteiger partial charge < -0.3 is 5.32 Å². The van der Waals surface area contributed by atoms with Gasteiger partial charge in [0.1, 0.15) is 0 Å². The summed E-state index contributed by atoms with van der Waals surface area (Å²) in [5.74, 6) is 0.139. The predicted octanol–water partition coefficient (Wildman–Crippen LogP) is 3.73. The number of anilines is 1. The minimum Gasteiger partial charge on any atom is -0.317 e. The van der Waals surface area contributed by atoms with Gasteiger partial charge in [0, 0.05) is 8.95 Å². The number of nitrogens with one attached hydrogen (secondary N) is 2. The molecule has 0 saturated heterocycles. The highest BCUT2D eigenvalue weighted by molar-refractivity contribution is 9.11. The molecule has 0 spiro atoms. The van der Waals surface area contributed by atoms with E-state index in [-0.39, 0.29) is 5.75 Å². The maximum Gasteiger partial charge on any atom is 0.232 e. The minimum atomic E-state index is -3.30. The summed E-state index contributed by atoms with van der Waals surface area (Å²) in [6.07, 6.45) is 2.61. The molecule has 1 aromatic carbocycles. The predicted molar refractivity (Wildman–Crippen MR) is 91.6 cm³/mol. The van der Waals surface area contributed by atoms with Crippen LogP contribution in [0.25, 0.3) is 0 Å². The molecule has 0 aliphatic rings. The van der Waals surface area contributed by atoms with E-state index in [2.05, 4.69) is 48.8 Å². The number of hydrogen-bond acceptors (Lipinski definition) is 3. The Bertz CT molecular complexity index is 521. The maximum absolute atomic E-state index is 12.0. The number of rotatable bonds is 9. The molecule has 0 atom stereocenters. The zero-order valence-corrected chi connectivity index (χ0v) is 15.4. The lowest BCUT2D eigenvalue weighted by Crippen LogP contribution is -2.20. The first-order chi connectivity index (χ1) is 9.44. The Morgan fingerprint density at radius 3 is 2.60 bits per heavy atom. The molecule has 0 amide bonds. The van der Waals surface area contributed by atoms with Crippen molar-refractivity contribution in [3.63, 3.8) is 0 Å². The Hall–Kier alpha value is -0.110. The summed E-state index contributed by atoms with van der Waals surface area (Å²) in [7, 11) is -3.30. The SMILES string of the molecule is CCCNCCCCS(=O)(=O)Nc1cc(Br)ccc1Br. The van der Waals surface area contributed by atoms with Crippen LogP contribution in [0.5, 0.6) is 0 Å². The van der Waals surface area contributed by atoms with E-state index in [9.17, 15) is 8.42 Å². The Balaban J connectivity index is 2.43. The number of halogens is 2. The van der Waals surface area contributed by atoms with Crippen LogP contribution in [0.1, 0.15) is 26.2 Å². The van der Waals surface area contributed by atoms with Gasteiger partial charge in [-0.05, 0) is 66.5 Å². The van der Waals surface area contributed by atoms with E-state index < -0.39 is 10.0 Å². The summed E-state index contributed by atoms with van der Waals surface area (Å²) in [6.45, 7) is 3.96. The van der Waals surface area contributed by atoms with Crippen molar-refractivity contribution in [3.8, 4) is 0 Å². The standard InChI is InChI=1S/C13H20Br2N2O2S/c1-2-7-16-8-3-4-9-20(18,19)17-13-10-11(14)5-6-12(13)15/h5-6,10,16-17H,2-4,7-9H2,1H3. The molecule has 0 aliphatic carbocycles. The van der Waals surface area contributed by atoms with Crippen molar-refractivity contribution in [1.29, 1.82) is 0 Å². The van der Waals surface area contributed by atoms with Crippen LogP contribution < -0.4 is 10.0 Å². The monoisotopic (exact) mass is 426 g/mol. The van der Waals surface area contributed by atoms with Crippen molar-refractivity contribution in [2.75, 3.05) is 23.6 Å². The zero-order valence-electron chi connectivity index (χ0n) is 11.5. The van der Waals surface area contributed by atoms with E-state index >= 15 is 0 Å². The zero-order chi connectivity index (χ0) is 15.0. The van der Waals surface area contributed by atoms with Crippen molar-refractivity contribution >= 4 is 47.6 Å². The largest absolute Gasteiger partial charge is 0.317 e. The second kappa shape index (κ2) is 9.02. The Labute approximate surface area is 138 Å². The van der Waals surface area contributed by atoms with Gasteiger partial charge in [0.05, 0.1) is 11.4 Å². The summed E-state index contributed by atoms with van der Waals surface area (Å²) >= 11 is 6.66. The Morgan fingerprint density at radius 2 is 1.90 bits per heavy atom. The smallest absolute Gasteiger partial charge is 0.232 e. The lowest BCUT2D eigenvalue weighted by molar-refractivity contribution is 0.590. The summed E-state index contributed by atoms with van der Waals surface area (Å²) in [5, 5.41) is 3.26. The molecule has 0 saturated carbocycles. The van der Waals surface area contributed by atoms with Gasteiger partial charge >= 0.3 is 0 Å². The third kappa shape index (κ3) is 7.06. The van der Waals surface area contributed by atoms with Gasteiger partial charge in [0.25, 0.3) is 0 Å². The molecule has 0 unspecified atom stereocenters. The highest BCUT2D eigenvalue weighted by atomic mass is 79.9. The van der Waals surface area contributed by atoms with E-state index in [4.69, 9.17) is 0 Å². The molecular formula is C13H20Br2N2O2S. The van der Waals surface area contributed by atoms with E-state index in [1.165, 1.54) is 0 Å². The molecule has 0 radical (unpaired) electrons. The fourth-order valence-electron chi connectivity index (χ4n) is 1.64. The number of sulfonamides is 1. The third-order valence-electron chi connectivity index (χ3n) is 2.64. The topological polar surface area (TPSA) is 58.2 Å². The van der Waals surface area contributed by atoms with Crippen LogP contribution in [-0.4, -0.2) is 27.3 Å². The van der Waals surface area contributed by atoms with Gasteiger partial charge in [-0.1, -0.05) is 22.9 Å². The molecule has 0 heterocycles. The average Bonchev–Trinajstić information content (AvgIpc) is 2.38. The van der Waals surface area contributed by atoms with Crippen LogP contribution in [0.15, 0.2) is 27.1 Å². The Morgan fingerprint density at radius 1 is 1.15 bits per heavy atom. The average molecular weight is 428 g/mol. The van der Waals surface area contributed by atoms with Gasteiger partial charge in [-0.2, -0.15) is 0 Å². The highest BCUT2D eigenvalue weighted by Crippen LogP contribution is 2.27. The summed E-state index contributed by atoms with van der Waals surface area (Å²) < 4.78 is 28.1. The van der Waals surface area contributed by atoms with Crippen LogP contribution in [-0.2, 0) is 10.0 Å². The number of unbranched alkanes of at least 4 members (excludes halogenated alkanes) is 1. The number of hydrogen-bond donors (Lipinski definition) is 2. The fourth-order valence-corrected chi connectivity index (χ4v) is 3.67. The number of benzene rings is 1. The molecule has 114 valence electrons. The second-order valence-electron chi connectivity index (χ2n) is 4.50. The van der Waals surface area contributed by atoms with E-state index in [0.717, 1.165) is 34.9 Å². The van der Waals surface area contributed by atoms with Crippen molar-refractivity contribution < 1.29 is 8.42 Å². The summed E-state index contributed by atoms with van der Waals surface area (Å²) in [6, 6.07) is 5.39. The van der Waals surface area contributed by atoms with Crippen LogP contribution >= 0.6 is 31.9 Å². The molecule has 1 aromatic rings. The van der Waals surface area contributed by atoms with Gasteiger partial charge in [0.2, 0.25) is 10.0 Å². The van der Waals surface area contributed by atoms with E-state index in [1.807, 2.05) is 6.07 Å². The van der Waals surface area contributed by atoms with E-state index in [0.29, 0.717) is 12.1 Å². The molecule has 1 rings (SSSR count). The molecule has 2 N–H and O–H groups in total. The van der Waals surface area contributed by atoms with Crippen molar-refractivity contribution in [2.45, 2.75) is 26.2 Å². The van der Waals surface area contributed by atoms with Crippen LogP contribution in [0, 0.1) is 0 Å². The normalized spacial score (nSPS) is 11.6. The molecular weight excluding hydrogens is 408 g/mol. The lowest BCUT2D eigenvalue weighted by atomic mass is 10.3. The fraction of sp³-hybridized carbons (Fsp3) is 0.538. The molecule has 0 aromatic heterocycles. The summed E-state index contributed by atoms with van der Waals surface area (Å²) in [4.78, 5) is 0. The third-order valence-corrected chi connectivity index (χ3v) is 5.18. The van der Waals surface area contributed by atoms with E-state index in [1.54, 1.807) is 12.1 Å². The molecule has 0 aliphatic heterocycles. The molecule has 7 heteroatoms. The second-order valence-corrected chi connectivity index (χ2v) is 8.11. The summed E-state index contributed by atoms with van der Waals surface area (Å²) in [5.41, 5.74) is 0.559. The maximum atomic E-state index is 12.0. The van der Waals surface area contributed by atoms with Crippen molar-refractivity contribution in [1.82, 2.24) is 5.32 Å². The first kappa shape index (κ1) is 17.9. The van der Waals surface area contributed by atoms with Crippen LogP contribution in [0.3, 0.4) is 0 Å².